The van der Waals surface area contributed by atoms with Crippen LogP contribution in [-0.2, 0) is 4.79 Å². The fourth-order valence-corrected chi connectivity index (χ4v) is 1.97. The third-order valence-corrected chi connectivity index (χ3v) is 2.52. The van der Waals surface area contributed by atoms with E-state index >= 15 is 0 Å². The van der Waals surface area contributed by atoms with Gasteiger partial charge in [-0.3, -0.25) is 4.79 Å². The summed E-state index contributed by atoms with van der Waals surface area (Å²) >= 11 is 1.26. The Kier molecular flexibility index (Phi) is 2.81. The Morgan fingerprint density at radius 1 is 1.67 bits per heavy atom. The second-order valence-electron chi connectivity index (χ2n) is 2.97. The number of nitrogens with zero attached hydrogens (tertiary/aromatic N) is 1. The van der Waals surface area contributed by atoms with Gasteiger partial charge in [-0.1, -0.05) is 13.8 Å². The van der Waals surface area contributed by atoms with Gasteiger partial charge < -0.3 is 5.11 Å². The minimum atomic E-state index is -0.769. The van der Waals surface area contributed by atoms with Crippen LogP contribution in [0.25, 0.3) is 0 Å². The molecular formula is C8H11NO2S. The van der Waals surface area contributed by atoms with Crippen molar-refractivity contribution in [2.75, 3.05) is 0 Å². The van der Waals surface area contributed by atoms with Gasteiger partial charge in [0.2, 0.25) is 0 Å². The zero-order valence-corrected chi connectivity index (χ0v) is 7.84. The molecule has 4 heteroatoms. The van der Waals surface area contributed by atoms with Crippen LogP contribution in [0, 0.1) is 5.92 Å². The van der Waals surface area contributed by atoms with Gasteiger partial charge in [0.1, 0.15) is 0 Å². The van der Waals surface area contributed by atoms with Crippen molar-refractivity contribution in [3.8, 4) is 0 Å². The quantitative estimate of drug-likeness (QED) is 0.783. The van der Waals surface area contributed by atoms with Crippen molar-refractivity contribution in [2.45, 2.75) is 19.8 Å². The smallest absolute Gasteiger partial charge is 0.312 e. The minimum Gasteiger partial charge on any atom is -0.481 e. The zero-order chi connectivity index (χ0) is 9.14. The Labute approximate surface area is 75.2 Å². The molecule has 0 aromatic carbocycles. The van der Waals surface area contributed by atoms with Crippen molar-refractivity contribution < 1.29 is 9.90 Å². The first kappa shape index (κ1) is 9.19. The van der Waals surface area contributed by atoms with Gasteiger partial charge in [-0.15, -0.1) is 0 Å². The first-order valence-corrected chi connectivity index (χ1v) is 4.53. The third-order valence-electron chi connectivity index (χ3n) is 1.70. The van der Waals surface area contributed by atoms with E-state index in [1.54, 1.807) is 12.3 Å². The Morgan fingerprint density at radius 3 is 2.67 bits per heavy atom. The van der Waals surface area contributed by atoms with Gasteiger partial charge in [0.15, 0.2) is 0 Å². The maximum atomic E-state index is 10.8. The van der Waals surface area contributed by atoms with Gasteiger partial charge in [-0.25, -0.2) is 4.37 Å². The van der Waals surface area contributed by atoms with E-state index < -0.39 is 11.9 Å². The fraction of sp³-hybridized carbons (Fsp3) is 0.500. The van der Waals surface area contributed by atoms with Gasteiger partial charge in [-0.05, 0) is 23.5 Å². The maximum Gasteiger partial charge on any atom is 0.312 e. The van der Waals surface area contributed by atoms with Crippen LogP contribution in [0.5, 0.6) is 0 Å². The molecule has 0 aliphatic carbocycles. The molecular weight excluding hydrogens is 174 g/mol. The number of carboxylic acids is 1. The van der Waals surface area contributed by atoms with Crippen LogP contribution >= 0.6 is 11.5 Å². The molecule has 1 heterocycles. The first-order chi connectivity index (χ1) is 5.63. The highest BCUT2D eigenvalue weighted by Crippen LogP contribution is 2.26. The Balaban J connectivity index is 2.88. The lowest BCUT2D eigenvalue weighted by Gasteiger charge is -2.12. The molecule has 1 aromatic rings. The summed E-state index contributed by atoms with van der Waals surface area (Å²) in [5, 5.41) is 8.89. The second kappa shape index (κ2) is 3.67. The summed E-state index contributed by atoms with van der Waals surface area (Å²) in [4.78, 5) is 11.6. The third kappa shape index (κ3) is 1.82. The summed E-state index contributed by atoms with van der Waals surface area (Å²) in [5.41, 5.74) is 0. The average molecular weight is 185 g/mol. The topological polar surface area (TPSA) is 50.2 Å². The summed E-state index contributed by atoms with van der Waals surface area (Å²) < 4.78 is 3.89. The molecule has 0 bridgehead atoms. The van der Waals surface area contributed by atoms with Crippen LogP contribution in [0.4, 0.5) is 0 Å². The molecule has 0 aliphatic rings. The number of hydrogen-bond donors (Lipinski definition) is 1. The van der Waals surface area contributed by atoms with Crippen LogP contribution in [-0.4, -0.2) is 15.4 Å². The maximum absolute atomic E-state index is 10.8. The molecule has 66 valence electrons. The van der Waals surface area contributed by atoms with Gasteiger partial charge in [0, 0.05) is 11.1 Å². The molecule has 1 atom stereocenters. The summed E-state index contributed by atoms with van der Waals surface area (Å²) in [6.07, 6.45) is 1.64. The molecule has 0 aliphatic heterocycles. The molecule has 1 N–H and O–H groups in total. The normalized spacial score (nSPS) is 13.2. The Bertz CT molecular complexity index is 256. The molecule has 0 radical (unpaired) electrons. The van der Waals surface area contributed by atoms with Gasteiger partial charge in [0.05, 0.1) is 5.92 Å². The van der Waals surface area contributed by atoms with E-state index in [4.69, 9.17) is 5.11 Å². The number of carboxylic acid groups (broad SMARTS) is 1. The molecule has 1 rings (SSSR count). The van der Waals surface area contributed by atoms with E-state index in [2.05, 4.69) is 4.37 Å². The van der Waals surface area contributed by atoms with Crippen molar-refractivity contribution in [3.05, 3.63) is 17.1 Å². The van der Waals surface area contributed by atoms with Crippen LogP contribution in [0.2, 0.25) is 0 Å². The lowest BCUT2D eigenvalue weighted by molar-refractivity contribution is -0.139. The Morgan fingerprint density at radius 2 is 2.33 bits per heavy atom. The zero-order valence-electron chi connectivity index (χ0n) is 7.02. The van der Waals surface area contributed by atoms with Gasteiger partial charge in [0.25, 0.3) is 0 Å². The van der Waals surface area contributed by atoms with Crippen molar-refractivity contribution >= 4 is 17.5 Å². The van der Waals surface area contributed by atoms with Gasteiger partial charge >= 0.3 is 5.97 Å². The number of aliphatic carboxylic acids is 1. The van der Waals surface area contributed by atoms with Crippen LogP contribution in [0.3, 0.4) is 0 Å². The van der Waals surface area contributed by atoms with Gasteiger partial charge in [-0.2, -0.15) is 0 Å². The number of rotatable bonds is 3. The SMILES string of the molecule is CC(C)C(C(=O)O)c1ccns1. The van der Waals surface area contributed by atoms with Crippen LogP contribution < -0.4 is 0 Å². The summed E-state index contributed by atoms with van der Waals surface area (Å²) in [7, 11) is 0. The summed E-state index contributed by atoms with van der Waals surface area (Å²) in [5.74, 6) is -1.06. The Hall–Kier alpha value is -0.900. The van der Waals surface area contributed by atoms with Crippen LogP contribution in [0.1, 0.15) is 24.6 Å². The van der Waals surface area contributed by atoms with Crippen molar-refractivity contribution in [1.29, 1.82) is 0 Å². The molecule has 3 nitrogen and oxygen atoms in total. The highest BCUT2D eigenvalue weighted by Gasteiger charge is 2.24. The van der Waals surface area contributed by atoms with E-state index in [9.17, 15) is 4.79 Å². The first-order valence-electron chi connectivity index (χ1n) is 3.76. The van der Waals surface area contributed by atoms with E-state index in [1.807, 2.05) is 13.8 Å². The number of carbonyl (C=O) groups is 1. The highest BCUT2D eigenvalue weighted by molar-refractivity contribution is 7.05. The molecule has 0 spiro atoms. The van der Waals surface area contributed by atoms with E-state index in [1.165, 1.54) is 11.5 Å². The van der Waals surface area contributed by atoms with E-state index in [-0.39, 0.29) is 5.92 Å². The van der Waals surface area contributed by atoms with Crippen molar-refractivity contribution in [3.63, 3.8) is 0 Å². The molecule has 1 unspecified atom stereocenters. The number of hydrogen-bond acceptors (Lipinski definition) is 3. The van der Waals surface area contributed by atoms with Crippen molar-refractivity contribution in [2.24, 2.45) is 5.92 Å². The van der Waals surface area contributed by atoms with Crippen LogP contribution in [0.15, 0.2) is 12.3 Å². The highest BCUT2D eigenvalue weighted by atomic mass is 32.1. The van der Waals surface area contributed by atoms with E-state index in [0.717, 1.165) is 4.88 Å². The largest absolute Gasteiger partial charge is 0.481 e. The number of aromatic nitrogens is 1. The van der Waals surface area contributed by atoms with Crippen molar-refractivity contribution in [1.82, 2.24) is 4.37 Å². The molecule has 0 saturated heterocycles. The lowest BCUT2D eigenvalue weighted by atomic mass is 9.95. The summed E-state index contributed by atoms with van der Waals surface area (Å²) in [6.45, 7) is 3.80. The lowest BCUT2D eigenvalue weighted by Crippen LogP contribution is -2.16. The molecule has 12 heavy (non-hydrogen) atoms. The molecule has 0 fully saturated rings. The summed E-state index contributed by atoms with van der Waals surface area (Å²) in [6, 6.07) is 1.77. The molecule has 0 saturated carbocycles. The average Bonchev–Trinajstić information content (AvgIpc) is 2.37. The second-order valence-corrected chi connectivity index (χ2v) is 3.84. The fourth-order valence-electron chi connectivity index (χ4n) is 1.12. The molecule has 0 amide bonds. The predicted octanol–water partition coefficient (Wildman–Crippen LogP) is 1.97. The predicted molar refractivity (Wildman–Crippen MR) is 47.3 cm³/mol. The minimum absolute atomic E-state index is 0.114. The molecule has 1 aromatic heterocycles. The van der Waals surface area contributed by atoms with E-state index in [0.29, 0.717) is 0 Å². The standard InChI is InChI=1S/C8H11NO2S/c1-5(2)7(8(10)11)6-3-4-9-12-6/h3-5,7H,1-2H3,(H,10,11). The monoisotopic (exact) mass is 185 g/mol.